The van der Waals surface area contributed by atoms with E-state index < -0.39 is 6.10 Å². The number of hydrogen-bond donors (Lipinski definition) is 2. The van der Waals surface area contributed by atoms with Crippen molar-refractivity contribution in [1.29, 1.82) is 0 Å². The van der Waals surface area contributed by atoms with Gasteiger partial charge in [0.15, 0.2) is 6.29 Å². The third kappa shape index (κ3) is 2.70. The van der Waals surface area contributed by atoms with Crippen LogP contribution in [0.4, 0.5) is 0 Å². The molecule has 6 nitrogen and oxygen atoms in total. The second kappa shape index (κ2) is 6.29. The Morgan fingerprint density at radius 3 is 2.91 bits per heavy atom. The summed E-state index contributed by atoms with van der Waals surface area (Å²) in [5.41, 5.74) is 0. The summed E-state index contributed by atoms with van der Waals surface area (Å²) in [6.07, 6.45) is 4.44. The maximum atomic E-state index is 10.9. The monoisotopic (exact) mass is 308 g/mol. The molecule has 0 aromatic carbocycles. The van der Waals surface area contributed by atoms with E-state index in [0.29, 0.717) is 13.2 Å². The number of aliphatic hydroxyl groups excluding tert-OH is 1. The molecule has 3 fully saturated rings. The van der Waals surface area contributed by atoms with E-state index in [-0.39, 0.29) is 24.5 Å². The minimum atomic E-state index is -0.487. The van der Waals surface area contributed by atoms with Gasteiger partial charge in [-0.3, -0.25) is 4.90 Å². The summed E-state index contributed by atoms with van der Waals surface area (Å²) in [6, 6.07) is 3.60. The van der Waals surface area contributed by atoms with Crippen molar-refractivity contribution in [1.82, 2.24) is 10.2 Å². The highest BCUT2D eigenvalue weighted by Gasteiger charge is 2.51. The van der Waals surface area contributed by atoms with Gasteiger partial charge in [-0.1, -0.05) is 6.42 Å². The maximum absolute atomic E-state index is 10.9. The molecule has 0 spiro atoms. The van der Waals surface area contributed by atoms with E-state index in [4.69, 9.17) is 13.9 Å². The van der Waals surface area contributed by atoms with Crippen LogP contribution in [-0.2, 0) is 16.0 Å². The summed E-state index contributed by atoms with van der Waals surface area (Å²) >= 11 is 0. The molecule has 22 heavy (non-hydrogen) atoms. The average molecular weight is 308 g/mol. The van der Waals surface area contributed by atoms with E-state index in [1.807, 2.05) is 12.1 Å². The van der Waals surface area contributed by atoms with E-state index in [2.05, 4.69) is 10.2 Å². The highest BCUT2D eigenvalue weighted by atomic mass is 16.7. The summed E-state index contributed by atoms with van der Waals surface area (Å²) in [5.74, 6) is 0.864. The summed E-state index contributed by atoms with van der Waals surface area (Å²) in [5, 5.41) is 14.3. The van der Waals surface area contributed by atoms with Gasteiger partial charge in [-0.2, -0.15) is 0 Å². The summed E-state index contributed by atoms with van der Waals surface area (Å²) in [6.45, 7) is 3.16. The molecule has 4 heterocycles. The molecule has 1 aromatic heterocycles. The molecule has 0 radical (unpaired) electrons. The molecule has 4 rings (SSSR count). The quantitative estimate of drug-likeness (QED) is 0.854. The number of ether oxygens (including phenoxy) is 2. The molecular weight excluding hydrogens is 284 g/mol. The molecule has 1 aromatic rings. The minimum absolute atomic E-state index is 0.0758. The molecule has 0 aliphatic carbocycles. The van der Waals surface area contributed by atoms with Crippen molar-refractivity contribution < 1.29 is 19.0 Å². The van der Waals surface area contributed by atoms with Crippen LogP contribution in [0.15, 0.2) is 22.8 Å². The Balaban J connectivity index is 1.46. The van der Waals surface area contributed by atoms with Crippen molar-refractivity contribution in [3.05, 3.63) is 24.2 Å². The predicted octanol–water partition coefficient (Wildman–Crippen LogP) is 0.708. The van der Waals surface area contributed by atoms with E-state index in [9.17, 15) is 5.11 Å². The van der Waals surface area contributed by atoms with Crippen molar-refractivity contribution in [2.75, 3.05) is 19.7 Å². The Hall–Kier alpha value is -0.920. The molecule has 3 saturated heterocycles. The van der Waals surface area contributed by atoms with Gasteiger partial charge in [-0.05, 0) is 38.1 Å². The van der Waals surface area contributed by atoms with E-state index in [0.717, 1.165) is 18.8 Å². The molecule has 5 unspecified atom stereocenters. The number of nitrogens with one attached hydrogen (secondary N) is 1. The van der Waals surface area contributed by atoms with Crippen LogP contribution in [-0.4, -0.2) is 60.3 Å². The van der Waals surface area contributed by atoms with Gasteiger partial charge in [0.2, 0.25) is 0 Å². The molecule has 122 valence electrons. The van der Waals surface area contributed by atoms with Crippen LogP contribution in [0.1, 0.15) is 25.0 Å². The average Bonchev–Trinajstić information content (AvgIpc) is 3.19. The van der Waals surface area contributed by atoms with Crippen LogP contribution in [0.2, 0.25) is 0 Å². The largest absolute Gasteiger partial charge is 0.468 e. The molecule has 3 aliphatic rings. The fourth-order valence-electron chi connectivity index (χ4n) is 3.89. The van der Waals surface area contributed by atoms with Gasteiger partial charge in [0, 0.05) is 0 Å². The number of fused-ring (bicyclic) bond motifs is 2. The zero-order chi connectivity index (χ0) is 14.9. The van der Waals surface area contributed by atoms with Crippen molar-refractivity contribution in [2.45, 2.75) is 56.4 Å². The highest BCUT2D eigenvalue weighted by molar-refractivity contribution is 5.04. The number of furan rings is 1. The van der Waals surface area contributed by atoms with Crippen molar-refractivity contribution >= 4 is 0 Å². The number of nitrogens with zero attached hydrogens (tertiary/aromatic N) is 1. The first-order valence-electron chi connectivity index (χ1n) is 8.28. The molecule has 3 aliphatic heterocycles. The molecule has 6 heteroatoms. The lowest BCUT2D eigenvalue weighted by Crippen LogP contribution is -2.64. The third-order valence-corrected chi connectivity index (χ3v) is 5.04. The Morgan fingerprint density at radius 2 is 2.14 bits per heavy atom. The summed E-state index contributed by atoms with van der Waals surface area (Å²) < 4.78 is 17.1. The van der Waals surface area contributed by atoms with Crippen molar-refractivity contribution in [2.24, 2.45) is 0 Å². The molecule has 0 saturated carbocycles. The molecule has 5 atom stereocenters. The van der Waals surface area contributed by atoms with Crippen molar-refractivity contribution in [3.8, 4) is 0 Å². The van der Waals surface area contributed by atoms with Crippen LogP contribution in [0.3, 0.4) is 0 Å². The van der Waals surface area contributed by atoms with Gasteiger partial charge >= 0.3 is 0 Å². The van der Waals surface area contributed by atoms with Crippen LogP contribution in [0, 0.1) is 0 Å². The normalized spacial score (nSPS) is 39.2. The summed E-state index contributed by atoms with van der Waals surface area (Å²) in [7, 11) is 0. The first-order chi connectivity index (χ1) is 10.8. The number of rotatable bonds is 4. The first-order valence-corrected chi connectivity index (χ1v) is 8.28. The Labute approximate surface area is 130 Å². The second-order valence-corrected chi connectivity index (χ2v) is 6.44. The summed E-state index contributed by atoms with van der Waals surface area (Å²) in [4.78, 5) is 2.34. The third-order valence-electron chi connectivity index (χ3n) is 5.04. The molecule has 2 bridgehead atoms. The standard InChI is InChI=1S/C16H24N2O4/c19-15-13(17-9-11-5-4-8-20-11)12-10-21-16(22-12)14(15)18-6-2-1-3-7-18/h4-5,8,12-17,19H,1-3,6-7,9-10H2. The first kappa shape index (κ1) is 14.7. The van der Waals surface area contributed by atoms with E-state index >= 15 is 0 Å². The van der Waals surface area contributed by atoms with Gasteiger partial charge in [-0.15, -0.1) is 0 Å². The van der Waals surface area contributed by atoms with Gasteiger partial charge in [0.05, 0.1) is 37.6 Å². The van der Waals surface area contributed by atoms with Gasteiger partial charge in [-0.25, -0.2) is 0 Å². The van der Waals surface area contributed by atoms with E-state index in [1.165, 1.54) is 19.3 Å². The number of hydrogen-bond acceptors (Lipinski definition) is 6. The number of aliphatic hydroxyl groups is 1. The fourth-order valence-corrected chi connectivity index (χ4v) is 3.89. The van der Waals surface area contributed by atoms with Crippen LogP contribution in [0.5, 0.6) is 0 Å². The zero-order valence-electron chi connectivity index (χ0n) is 12.7. The van der Waals surface area contributed by atoms with Gasteiger partial charge < -0.3 is 24.3 Å². The van der Waals surface area contributed by atoms with Crippen molar-refractivity contribution in [3.63, 3.8) is 0 Å². The lowest BCUT2D eigenvalue weighted by molar-refractivity contribution is -0.184. The maximum Gasteiger partial charge on any atom is 0.176 e. The molecule has 0 amide bonds. The Bertz CT molecular complexity index is 475. The van der Waals surface area contributed by atoms with E-state index in [1.54, 1.807) is 6.26 Å². The SMILES string of the molecule is OC1C(NCc2ccco2)C2COC(O2)C1N1CCCCC1. The van der Waals surface area contributed by atoms with Gasteiger partial charge in [0.1, 0.15) is 11.9 Å². The predicted molar refractivity (Wildman–Crippen MR) is 79.2 cm³/mol. The lowest BCUT2D eigenvalue weighted by atomic mass is 9.93. The van der Waals surface area contributed by atoms with Gasteiger partial charge in [0.25, 0.3) is 0 Å². The molecular formula is C16H24N2O4. The topological polar surface area (TPSA) is 67.1 Å². The van der Waals surface area contributed by atoms with Crippen LogP contribution in [0.25, 0.3) is 0 Å². The lowest BCUT2D eigenvalue weighted by Gasteiger charge is -2.45. The zero-order valence-corrected chi connectivity index (χ0v) is 12.7. The number of likely N-dealkylation sites (tertiary alicyclic amines) is 1. The van der Waals surface area contributed by atoms with Crippen LogP contribution >= 0.6 is 0 Å². The minimum Gasteiger partial charge on any atom is -0.468 e. The number of piperidine rings is 1. The smallest absolute Gasteiger partial charge is 0.176 e. The molecule has 2 N–H and O–H groups in total. The Morgan fingerprint density at radius 1 is 1.27 bits per heavy atom. The second-order valence-electron chi connectivity index (χ2n) is 6.44. The fraction of sp³-hybridized carbons (Fsp3) is 0.750. The van der Waals surface area contributed by atoms with Crippen LogP contribution < -0.4 is 5.32 Å². The Kier molecular flexibility index (Phi) is 4.19. The highest BCUT2D eigenvalue weighted by Crippen LogP contribution is 2.32.